The van der Waals surface area contributed by atoms with Gasteiger partial charge in [-0.05, 0) is 19.8 Å². The molecule has 0 radical (unpaired) electrons. The van der Waals surface area contributed by atoms with E-state index in [0.29, 0.717) is 6.42 Å². The first kappa shape index (κ1) is 26.9. The van der Waals surface area contributed by atoms with Crippen LogP contribution in [-0.4, -0.2) is 68.4 Å². The Bertz CT molecular complexity index is 343. The van der Waals surface area contributed by atoms with Crippen LogP contribution >= 0.6 is 0 Å². The van der Waals surface area contributed by atoms with E-state index in [-0.39, 0.29) is 44.7 Å². The summed E-state index contributed by atoms with van der Waals surface area (Å²) >= 11 is 0. The summed E-state index contributed by atoms with van der Waals surface area (Å²) in [7, 11) is 0. The Labute approximate surface area is 140 Å². The second-order valence-corrected chi connectivity index (χ2v) is 5.05. The second-order valence-electron chi connectivity index (χ2n) is 5.05. The maximum atomic E-state index is 9.79. The fraction of sp³-hybridized carbons (Fsp3) is 0.667. The molecule has 0 bridgehead atoms. The zero-order valence-corrected chi connectivity index (χ0v) is 14.1. The van der Waals surface area contributed by atoms with Crippen LogP contribution < -0.4 is 0 Å². The normalized spacial score (nSPS) is 9.71. The molecule has 9 heteroatoms. The maximum absolute atomic E-state index is 9.79. The smallest absolute Gasteiger partial charge is 0.330 e. The Morgan fingerprint density at radius 3 is 1.25 bits per heavy atom. The highest BCUT2D eigenvalue weighted by Crippen LogP contribution is 2.18. The van der Waals surface area contributed by atoms with Gasteiger partial charge < -0.3 is 30.6 Å². The lowest BCUT2D eigenvalue weighted by atomic mass is 9.88. The first-order valence-electron chi connectivity index (χ1n) is 7.16. The van der Waals surface area contributed by atoms with Gasteiger partial charge in [-0.25, -0.2) is 4.79 Å². The number of aliphatic hydroxyl groups is 3. The van der Waals surface area contributed by atoms with Gasteiger partial charge in [0, 0.05) is 23.8 Å². The third kappa shape index (κ3) is 18.1. The molecule has 0 aliphatic carbocycles. The fourth-order valence-corrected chi connectivity index (χ4v) is 0.876. The van der Waals surface area contributed by atoms with E-state index in [1.807, 2.05) is 6.92 Å². The Kier molecular flexibility index (Phi) is 17.8. The van der Waals surface area contributed by atoms with Crippen LogP contribution in [0.25, 0.3) is 0 Å². The summed E-state index contributed by atoms with van der Waals surface area (Å²) in [5, 5.41) is 49.9. The van der Waals surface area contributed by atoms with Crippen LogP contribution in [0, 0.1) is 5.41 Å². The van der Waals surface area contributed by atoms with Crippen molar-refractivity contribution in [3.63, 3.8) is 0 Å². The van der Waals surface area contributed by atoms with Gasteiger partial charge in [-0.15, -0.1) is 0 Å². The maximum Gasteiger partial charge on any atom is 0.330 e. The standard InChI is InChI=1S/C6H14O3.C5H8O4.C4H6O2/c1-2-6(3-7,4-8)5-9;6-4(7)2-1-3-5(8)9;1-3(2)4(5)6/h7-9H,2-5H2,1H3;1-3H2,(H,6,7)(H,8,9);1H2,2H3,(H,5,6). The fourth-order valence-electron chi connectivity index (χ4n) is 0.876. The van der Waals surface area contributed by atoms with Gasteiger partial charge >= 0.3 is 17.9 Å². The van der Waals surface area contributed by atoms with Crippen molar-refractivity contribution in [2.45, 2.75) is 39.5 Å². The predicted octanol–water partition coefficient (Wildman–Crippen LogP) is 0.333. The van der Waals surface area contributed by atoms with Crippen molar-refractivity contribution in [1.29, 1.82) is 0 Å². The van der Waals surface area contributed by atoms with Gasteiger partial charge in [0.15, 0.2) is 0 Å². The van der Waals surface area contributed by atoms with Crippen LogP contribution in [0.4, 0.5) is 0 Å². The first-order chi connectivity index (χ1) is 11.0. The lowest BCUT2D eigenvalue weighted by Gasteiger charge is -2.24. The Hall–Kier alpha value is -1.97. The van der Waals surface area contributed by atoms with Gasteiger partial charge in [-0.2, -0.15) is 0 Å². The highest BCUT2D eigenvalue weighted by atomic mass is 16.4. The minimum atomic E-state index is -0.948. The molecule has 142 valence electrons. The van der Waals surface area contributed by atoms with Crippen molar-refractivity contribution in [1.82, 2.24) is 0 Å². The number of aliphatic hydroxyl groups excluding tert-OH is 3. The number of aliphatic carboxylic acids is 3. The largest absolute Gasteiger partial charge is 0.481 e. The van der Waals surface area contributed by atoms with E-state index in [0.717, 1.165) is 0 Å². The highest BCUT2D eigenvalue weighted by molar-refractivity contribution is 5.84. The molecular weight excluding hydrogens is 324 g/mol. The van der Waals surface area contributed by atoms with E-state index in [1.165, 1.54) is 6.92 Å². The third-order valence-corrected chi connectivity index (χ3v) is 2.90. The number of hydrogen-bond donors (Lipinski definition) is 6. The first-order valence-corrected chi connectivity index (χ1v) is 7.16. The molecule has 24 heavy (non-hydrogen) atoms. The zero-order chi connectivity index (χ0) is 19.8. The molecule has 9 nitrogen and oxygen atoms in total. The van der Waals surface area contributed by atoms with Crippen molar-refractivity contribution < 1.29 is 45.0 Å². The molecule has 0 unspecified atom stereocenters. The van der Waals surface area contributed by atoms with Crippen molar-refractivity contribution in [3.8, 4) is 0 Å². The van der Waals surface area contributed by atoms with Crippen molar-refractivity contribution >= 4 is 17.9 Å². The van der Waals surface area contributed by atoms with Gasteiger partial charge in [0.2, 0.25) is 0 Å². The minimum absolute atomic E-state index is 0.0632. The van der Waals surface area contributed by atoms with Gasteiger partial charge in [0.05, 0.1) is 19.8 Å². The van der Waals surface area contributed by atoms with E-state index in [1.54, 1.807) is 0 Å². The molecule has 0 saturated carbocycles. The Morgan fingerprint density at radius 2 is 1.17 bits per heavy atom. The summed E-state index contributed by atoms with van der Waals surface area (Å²) in [5.41, 5.74) is -0.491. The van der Waals surface area contributed by atoms with E-state index >= 15 is 0 Å². The van der Waals surface area contributed by atoms with Crippen molar-refractivity contribution in [3.05, 3.63) is 12.2 Å². The molecule has 0 aliphatic heterocycles. The molecule has 0 amide bonds. The Morgan fingerprint density at radius 1 is 0.875 bits per heavy atom. The number of rotatable bonds is 9. The van der Waals surface area contributed by atoms with E-state index in [2.05, 4.69) is 6.58 Å². The molecule has 0 heterocycles. The molecule has 0 saturated heterocycles. The van der Waals surface area contributed by atoms with Crippen molar-refractivity contribution in [2.75, 3.05) is 19.8 Å². The van der Waals surface area contributed by atoms with Gasteiger partial charge in [-0.3, -0.25) is 9.59 Å². The predicted molar refractivity (Wildman–Crippen MR) is 85.6 cm³/mol. The third-order valence-electron chi connectivity index (χ3n) is 2.90. The zero-order valence-electron chi connectivity index (χ0n) is 14.1. The Balaban J connectivity index is -0.000000282. The quantitative estimate of drug-likeness (QED) is 0.320. The summed E-state index contributed by atoms with van der Waals surface area (Å²) in [4.78, 5) is 29.2. The molecule has 0 rings (SSSR count). The number of carbonyl (C=O) groups is 3. The van der Waals surface area contributed by atoms with E-state index in [9.17, 15) is 14.4 Å². The summed E-state index contributed by atoms with van der Waals surface area (Å²) in [6.45, 7) is 5.96. The lowest BCUT2D eigenvalue weighted by molar-refractivity contribution is -0.138. The molecule has 6 N–H and O–H groups in total. The van der Waals surface area contributed by atoms with Crippen LogP contribution in [0.3, 0.4) is 0 Å². The summed E-state index contributed by atoms with van der Waals surface area (Å²) < 4.78 is 0. The monoisotopic (exact) mass is 352 g/mol. The van der Waals surface area contributed by atoms with E-state index < -0.39 is 23.3 Å². The molecule has 0 aromatic rings. The molecule has 0 fully saturated rings. The molecule has 0 spiro atoms. The van der Waals surface area contributed by atoms with Gasteiger partial charge in [-0.1, -0.05) is 13.5 Å². The molecule has 0 aromatic heterocycles. The number of carboxylic acid groups (broad SMARTS) is 3. The summed E-state index contributed by atoms with van der Waals surface area (Å²) in [5.74, 6) is -2.83. The lowest BCUT2D eigenvalue weighted by Crippen LogP contribution is -2.32. The van der Waals surface area contributed by atoms with Crippen LogP contribution in [0.5, 0.6) is 0 Å². The van der Waals surface area contributed by atoms with E-state index in [4.69, 9.17) is 30.6 Å². The second kappa shape index (κ2) is 15.9. The van der Waals surface area contributed by atoms with Gasteiger partial charge in [0.1, 0.15) is 0 Å². The number of carboxylic acids is 3. The molecule has 0 aromatic carbocycles. The van der Waals surface area contributed by atoms with Crippen LogP contribution in [0.1, 0.15) is 39.5 Å². The average molecular weight is 352 g/mol. The van der Waals surface area contributed by atoms with Crippen LogP contribution in [0.2, 0.25) is 0 Å². The highest BCUT2D eigenvalue weighted by Gasteiger charge is 2.24. The van der Waals surface area contributed by atoms with Crippen LogP contribution in [0.15, 0.2) is 12.2 Å². The topological polar surface area (TPSA) is 173 Å². The van der Waals surface area contributed by atoms with Crippen molar-refractivity contribution in [2.24, 2.45) is 5.41 Å². The SMILES string of the molecule is C=C(C)C(=O)O.CCC(CO)(CO)CO.O=C(O)CCCC(=O)O. The minimum Gasteiger partial charge on any atom is -0.481 e. The van der Waals surface area contributed by atoms with Crippen LogP contribution in [-0.2, 0) is 14.4 Å². The summed E-state index contributed by atoms with van der Waals surface area (Å²) in [6, 6.07) is 0. The molecular formula is C15H28O9. The number of hydrogen-bond acceptors (Lipinski definition) is 6. The summed E-state index contributed by atoms with van der Waals surface area (Å²) in [6.07, 6.45) is 0.680. The molecule has 0 atom stereocenters. The van der Waals surface area contributed by atoms with Gasteiger partial charge in [0.25, 0.3) is 0 Å². The molecule has 0 aliphatic rings. The average Bonchev–Trinajstić information content (AvgIpc) is 2.50.